The minimum absolute atomic E-state index is 0.252. The number of nitrogens with one attached hydrogen (secondary N) is 1. The molecule has 1 aromatic heterocycles. The molecule has 1 heterocycles. The Kier molecular flexibility index (Phi) is 2.70. The van der Waals surface area contributed by atoms with Crippen LogP contribution in [0.1, 0.15) is 12.5 Å². The van der Waals surface area contributed by atoms with Crippen LogP contribution in [-0.4, -0.2) is 4.98 Å². The van der Waals surface area contributed by atoms with E-state index in [1.165, 1.54) is 6.07 Å². The molecule has 0 amide bonds. The number of nitrogen functional groups attached to an aromatic ring is 1. The van der Waals surface area contributed by atoms with Gasteiger partial charge in [-0.3, -0.25) is 0 Å². The lowest BCUT2D eigenvalue weighted by Crippen LogP contribution is -2.11. The van der Waals surface area contributed by atoms with Crippen LogP contribution in [0.4, 0.5) is 14.6 Å². The quantitative estimate of drug-likeness (QED) is 0.607. The highest BCUT2D eigenvalue weighted by Crippen LogP contribution is 2.23. The van der Waals surface area contributed by atoms with Crippen molar-refractivity contribution in [2.24, 2.45) is 5.84 Å². The second-order valence-corrected chi connectivity index (χ2v) is 3.45. The first-order valence-electron chi connectivity index (χ1n) is 4.91. The SMILES string of the molecule is CCc1cc2c(F)cc(F)cc2nc1NN. The maximum absolute atomic E-state index is 13.5. The van der Waals surface area contributed by atoms with Crippen LogP contribution in [0.15, 0.2) is 18.2 Å². The number of rotatable bonds is 2. The molecule has 0 atom stereocenters. The number of nitrogens with two attached hydrogens (primary N) is 1. The molecule has 0 aliphatic heterocycles. The molecule has 0 aliphatic carbocycles. The number of fused-ring (bicyclic) bond motifs is 1. The molecule has 2 aromatic rings. The fraction of sp³-hybridized carbons (Fsp3) is 0.182. The van der Waals surface area contributed by atoms with Gasteiger partial charge in [0, 0.05) is 17.5 Å². The van der Waals surface area contributed by atoms with Crippen molar-refractivity contribution in [3.05, 3.63) is 35.4 Å². The molecule has 0 saturated carbocycles. The normalized spacial score (nSPS) is 10.8. The molecule has 3 nitrogen and oxygen atoms in total. The summed E-state index contributed by atoms with van der Waals surface area (Å²) in [4.78, 5) is 4.07. The molecular formula is C11H11F2N3. The van der Waals surface area contributed by atoms with Crippen molar-refractivity contribution in [1.82, 2.24) is 4.98 Å². The second-order valence-electron chi connectivity index (χ2n) is 3.45. The fourth-order valence-electron chi connectivity index (χ4n) is 1.64. The average molecular weight is 223 g/mol. The third-order valence-electron chi connectivity index (χ3n) is 2.45. The standard InChI is InChI=1S/C11H11F2N3/c1-2-6-3-8-9(13)4-7(12)5-10(8)15-11(6)16-14/h3-5H,2,14H2,1H3,(H,15,16). The smallest absolute Gasteiger partial charge is 0.143 e. The van der Waals surface area contributed by atoms with E-state index in [0.717, 1.165) is 11.6 Å². The Morgan fingerprint density at radius 3 is 2.69 bits per heavy atom. The lowest BCUT2D eigenvalue weighted by molar-refractivity contribution is 0.591. The molecule has 0 bridgehead atoms. The van der Waals surface area contributed by atoms with Crippen molar-refractivity contribution < 1.29 is 8.78 Å². The van der Waals surface area contributed by atoms with Crippen molar-refractivity contribution in [3.63, 3.8) is 0 Å². The van der Waals surface area contributed by atoms with Crippen LogP contribution in [0.3, 0.4) is 0 Å². The first-order valence-corrected chi connectivity index (χ1v) is 4.91. The lowest BCUT2D eigenvalue weighted by Gasteiger charge is -2.08. The van der Waals surface area contributed by atoms with E-state index in [4.69, 9.17) is 5.84 Å². The van der Waals surface area contributed by atoms with E-state index in [-0.39, 0.29) is 5.52 Å². The Labute approximate surface area is 91.3 Å². The Morgan fingerprint density at radius 2 is 2.06 bits per heavy atom. The Balaban J connectivity index is 2.78. The molecule has 0 spiro atoms. The van der Waals surface area contributed by atoms with Crippen molar-refractivity contribution in [1.29, 1.82) is 0 Å². The second kappa shape index (κ2) is 4.02. The number of aromatic nitrogens is 1. The van der Waals surface area contributed by atoms with Crippen molar-refractivity contribution in [2.45, 2.75) is 13.3 Å². The van der Waals surface area contributed by atoms with Gasteiger partial charge in [0.15, 0.2) is 0 Å². The third-order valence-corrected chi connectivity index (χ3v) is 2.45. The molecule has 0 radical (unpaired) electrons. The zero-order valence-corrected chi connectivity index (χ0v) is 8.72. The van der Waals surface area contributed by atoms with Crippen LogP contribution >= 0.6 is 0 Å². The van der Waals surface area contributed by atoms with Crippen molar-refractivity contribution in [2.75, 3.05) is 5.43 Å². The van der Waals surface area contributed by atoms with Crippen LogP contribution in [-0.2, 0) is 6.42 Å². The summed E-state index contributed by atoms with van der Waals surface area (Å²) in [5.41, 5.74) is 3.47. The monoisotopic (exact) mass is 223 g/mol. The van der Waals surface area contributed by atoms with Gasteiger partial charge in [0.1, 0.15) is 17.5 Å². The number of halogens is 2. The van der Waals surface area contributed by atoms with E-state index in [2.05, 4.69) is 10.4 Å². The van der Waals surface area contributed by atoms with Gasteiger partial charge in [-0.25, -0.2) is 19.6 Å². The molecule has 0 fully saturated rings. The third kappa shape index (κ3) is 1.69. The lowest BCUT2D eigenvalue weighted by atomic mass is 10.1. The fourth-order valence-corrected chi connectivity index (χ4v) is 1.64. The molecule has 84 valence electrons. The van der Waals surface area contributed by atoms with Gasteiger partial charge >= 0.3 is 0 Å². The van der Waals surface area contributed by atoms with Crippen LogP contribution in [0.5, 0.6) is 0 Å². The summed E-state index contributed by atoms with van der Waals surface area (Å²) in [5.74, 6) is 4.48. The highest BCUT2D eigenvalue weighted by Gasteiger charge is 2.09. The highest BCUT2D eigenvalue weighted by atomic mass is 19.1. The van der Waals surface area contributed by atoms with E-state index in [0.29, 0.717) is 17.6 Å². The Hall–Kier alpha value is -1.75. The van der Waals surface area contributed by atoms with Crippen LogP contribution in [0.25, 0.3) is 10.9 Å². The van der Waals surface area contributed by atoms with Gasteiger partial charge in [0.2, 0.25) is 0 Å². The number of anilines is 1. The molecule has 2 rings (SSSR count). The Morgan fingerprint density at radius 1 is 1.31 bits per heavy atom. The summed E-state index contributed by atoms with van der Waals surface area (Å²) >= 11 is 0. The number of pyridine rings is 1. The van der Waals surface area contributed by atoms with E-state index >= 15 is 0 Å². The predicted octanol–water partition coefficient (Wildman–Crippen LogP) is 2.36. The number of nitrogens with zero attached hydrogens (tertiary/aromatic N) is 1. The predicted molar refractivity (Wildman–Crippen MR) is 58.8 cm³/mol. The summed E-state index contributed by atoms with van der Waals surface area (Å²) in [6, 6.07) is 3.66. The highest BCUT2D eigenvalue weighted by molar-refractivity contribution is 5.82. The van der Waals surface area contributed by atoms with Gasteiger partial charge in [0.25, 0.3) is 0 Å². The van der Waals surface area contributed by atoms with Gasteiger partial charge in [-0.1, -0.05) is 6.92 Å². The summed E-state index contributed by atoms with van der Waals surface area (Å²) in [7, 11) is 0. The number of hydrazine groups is 1. The number of benzene rings is 1. The molecule has 1 aromatic carbocycles. The summed E-state index contributed by atoms with van der Waals surface area (Å²) in [6.07, 6.45) is 0.666. The molecule has 0 aliphatic rings. The van der Waals surface area contributed by atoms with Crippen molar-refractivity contribution in [3.8, 4) is 0 Å². The zero-order valence-electron chi connectivity index (χ0n) is 8.72. The maximum atomic E-state index is 13.5. The minimum atomic E-state index is -0.648. The first kappa shape index (κ1) is 10.8. The first-order chi connectivity index (χ1) is 7.65. The topological polar surface area (TPSA) is 50.9 Å². The molecule has 0 saturated heterocycles. The maximum Gasteiger partial charge on any atom is 0.143 e. The zero-order chi connectivity index (χ0) is 11.7. The largest absolute Gasteiger partial charge is 0.308 e. The van der Waals surface area contributed by atoms with Gasteiger partial charge in [0.05, 0.1) is 5.52 Å². The van der Waals surface area contributed by atoms with E-state index in [1.54, 1.807) is 6.07 Å². The Bertz CT molecular complexity index is 540. The van der Waals surface area contributed by atoms with E-state index in [9.17, 15) is 8.78 Å². The molecule has 16 heavy (non-hydrogen) atoms. The molecule has 3 N–H and O–H groups in total. The minimum Gasteiger partial charge on any atom is -0.308 e. The van der Waals surface area contributed by atoms with Gasteiger partial charge in [-0.2, -0.15) is 0 Å². The van der Waals surface area contributed by atoms with E-state index < -0.39 is 11.6 Å². The van der Waals surface area contributed by atoms with Crippen LogP contribution < -0.4 is 11.3 Å². The summed E-state index contributed by atoms with van der Waals surface area (Å²) in [5, 5.41) is 0.303. The summed E-state index contributed by atoms with van der Waals surface area (Å²) < 4.78 is 26.5. The molecule has 5 heteroatoms. The molecular weight excluding hydrogens is 212 g/mol. The van der Waals surface area contributed by atoms with Gasteiger partial charge < -0.3 is 5.43 Å². The molecule has 0 unspecified atom stereocenters. The number of hydrogen-bond acceptors (Lipinski definition) is 3. The number of aryl methyl sites for hydroxylation is 1. The average Bonchev–Trinajstić information content (AvgIpc) is 2.27. The van der Waals surface area contributed by atoms with E-state index in [1.807, 2.05) is 6.92 Å². The number of hydrogen-bond donors (Lipinski definition) is 2. The van der Waals surface area contributed by atoms with Crippen LogP contribution in [0, 0.1) is 11.6 Å². The summed E-state index contributed by atoms with van der Waals surface area (Å²) in [6.45, 7) is 1.91. The van der Waals surface area contributed by atoms with Gasteiger partial charge in [-0.05, 0) is 18.1 Å². The van der Waals surface area contributed by atoms with Crippen molar-refractivity contribution >= 4 is 16.7 Å². The van der Waals surface area contributed by atoms with Gasteiger partial charge in [-0.15, -0.1) is 0 Å². The van der Waals surface area contributed by atoms with Crippen LogP contribution in [0.2, 0.25) is 0 Å².